The number of benzene rings is 1. The van der Waals surface area contributed by atoms with Gasteiger partial charge in [0.05, 0.1) is 5.02 Å². The summed E-state index contributed by atoms with van der Waals surface area (Å²) in [6, 6.07) is 4.79. The van der Waals surface area contributed by atoms with Gasteiger partial charge < -0.3 is 20.5 Å². The highest BCUT2D eigenvalue weighted by Crippen LogP contribution is 2.26. The highest BCUT2D eigenvalue weighted by molar-refractivity contribution is 6.32. The molecule has 1 aromatic carbocycles. The molecule has 7 heteroatoms. The molecule has 0 saturated heterocycles. The van der Waals surface area contributed by atoms with E-state index in [0.29, 0.717) is 16.3 Å². The molecule has 0 radical (unpaired) electrons. The summed E-state index contributed by atoms with van der Waals surface area (Å²) in [5.41, 5.74) is 4.97. The molecule has 0 aliphatic heterocycles. The minimum atomic E-state index is -1.34. The number of carboxylic acid groups (broad SMARTS) is 1. The molecule has 0 amide bonds. The van der Waals surface area contributed by atoms with Crippen LogP contribution in [0.3, 0.4) is 0 Å². The Balaban J connectivity index is 2.87. The first-order valence-corrected chi connectivity index (χ1v) is 5.29. The quantitative estimate of drug-likeness (QED) is 0.661. The molecule has 0 bridgehead atoms. The minimum Gasteiger partial charge on any atom is -0.538 e. The number of nitrogens with two attached hydrogens (primary N) is 1. The highest BCUT2D eigenvalue weighted by Gasteiger charge is 2.28. The van der Waals surface area contributed by atoms with Gasteiger partial charge in [0.15, 0.2) is 0 Å². The first-order valence-electron chi connectivity index (χ1n) is 4.91. The van der Waals surface area contributed by atoms with Crippen LogP contribution in [0.1, 0.15) is 12.5 Å². The van der Waals surface area contributed by atoms with Gasteiger partial charge in [0.25, 0.3) is 0 Å². The van der Waals surface area contributed by atoms with Crippen molar-refractivity contribution in [3.05, 3.63) is 28.8 Å². The molecule has 0 aromatic heterocycles. The molecule has 1 aromatic rings. The number of rotatable bonds is 5. The van der Waals surface area contributed by atoms with Crippen LogP contribution in [0.4, 0.5) is 0 Å². The van der Waals surface area contributed by atoms with Crippen molar-refractivity contribution in [1.82, 2.24) is 0 Å². The normalized spacial score (nSPS) is 13.9. The molecule has 0 spiro atoms. The largest absolute Gasteiger partial charge is 0.538 e. The van der Waals surface area contributed by atoms with Gasteiger partial charge in [-0.2, -0.15) is 0 Å². The molecule has 0 aliphatic rings. The van der Waals surface area contributed by atoms with Gasteiger partial charge in [0.2, 0.25) is 0 Å². The van der Waals surface area contributed by atoms with Crippen molar-refractivity contribution in [2.75, 3.05) is 0 Å². The standard InChI is InChI=1S/C10H13BClNO4/c1-10(13,9(14)15)5-6-2-3-8(17-11-16)7(12)4-6/h2-4,11,16H,5,13H2,1H3,(H,14,15)/t10-/m0/s1. The highest BCUT2D eigenvalue weighted by atomic mass is 35.5. The summed E-state index contributed by atoms with van der Waals surface area (Å²) in [6.45, 7) is 1.43. The molecular formula is C10H13BClNO4. The summed E-state index contributed by atoms with van der Waals surface area (Å²) < 4.78 is 4.85. The van der Waals surface area contributed by atoms with E-state index in [4.69, 9.17) is 32.1 Å². The number of halogens is 1. The Hall–Kier alpha value is -1.24. The Labute approximate surface area is 104 Å². The molecule has 0 fully saturated rings. The molecule has 92 valence electrons. The van der Waals surface area contributed by atoms with Crippen molar-refractivity contribution in [3.63, 3.8) is 0 Å². The van der Waals surface area contributed by atoms with E-state index in [2.05, 4.69) is 0 Å². The lowest BCUT2D eigenvalue weighted by atomic mass is 9.94. The van der Waals surface area contributed by atoms with Crippen LogP contribution < -0.4 is 10.4 Å². The van der Waals surface area contributed by atoms with Gasteiger partial charge in [0.1, 0.15) is 11.3 Å². The average molecular weight is 257 g/mol. The van der Waals surface area contributed by atoms with Gasteiger partial charge in [-0.1, -0.05) is 17.7 Å². The van der Waals surface area contributed by atoms with E-state index < -0.39 is 19.2 Å². The molecule has 0 unspecified atom stereocenters. The van der Waals surface area contributed by atoms with Crippen molar-refractivity contribution >= 4 is 25.3 Å². The molecule has 0 saturated carbocycles. The molecule has 1 rings (SSSR count). The maximum Gasteiger partial charge on any atom is 0.504 e. The SMILES string of the molecule is C[C@](N)(Cc1ccc(OBO)c(Cl)c1)C(=O)O. The fourth-order valence-corrected chi connectivity index (χ4v) is 1.60. The third-order valence-corrected chi connectivity index (χ3v) is 2.57. The number of hydrogen-bond acceptors (Lipinski definition) is 4. The number of carbonyl (C=O) groups is 1. The zero-order valence-corrected chi connectivity index (χ0v) is 10.1. The first kappa shape index (κ1) is 13.8. The van der Waals surface area contributed by atoms with E-state index in [1.54, 1.807) is 18.2 Å². The smallest absolute Gasteiger partial charge is 0.504 e. The maximum atomic E-state index is 10.9. The molecular weight excluding hydrogens is 244 g/mol. The second-order valence-corrected chi connectivity index (χ2v) is 4.34. The van der Waals surface area contributed by atoms with Crippen LogP contribution in [0.2, 0.25) is 5.02 Å². The monoisotopic (exact) mass is 257 g/mol. The zero-order chi connectivity index (χ0) is 13.1. The van der Waals surface area contributed by atoms with Crippen molar-refractivity contribution in [3.8, 4) is 5.75 Å². The Bertz CT molecular complexity index is 425. The van der Waals surface area contributed by atoms with Crippen molar-refractivity contribution < 1.29 is 19.6 Å². The second kappa shape index (κ2) is 5.40. The van der Waals surface area contributed by atoms with Gasteiger partial charge in [-0.05, 0) is 24.6 Å². The van der Waals surface area contributed by atoms with Crippen LogP contribution in [0, 0.1) is 0 Å². The summed E-state index contributed by atoms with van der Waals surface area (Å²) >= 11 is 5.89. The van der Waals surface area contributed by atoms with Crippen molar-refractivity contribution in [1.29, 1.82) is 0 Å². The molecule has 4 N–H and O–H groups in total. The fraction of sp³-hybridized carbons (Fsp3) is 0.300. The van der Waals surface area contributed by atoms with E-state index in [9.17, 15) is 4.79 Å². The van der Waals surface area contributed by atoms with Gasteiger partial charge in [-0.15, -0.1) is 0 Å². The van der Waals surface area contributed by atoms with Crippen LogP contribution in [0.25, 0.3) is 0 Å². The predicted octanol–water partition coefficient (Wildman–Crippen LogP) is 0.322. The molecule has 5 nitrogen and oxygen atoms in total. The molecule has 0 aliphatic carbocycles. The number of aliphatic carboxylic acids is 1. The van der Waals surface area contributed by atoms with E-state index in [0.717, 1.165) is 0 Å². The lowest BCUT2D eigenvalue weighted by Gasteiger charge is -2.19. The minimum absolute atomic E-state index is 0.154. The second-order valence-electron chi connectivity index (χ2n) is 3.94. The van der Waals surface area contributed by atoms with Crippen LogP contribution in [-0.4, -0.2) is 29.3 Å². The third-order valence-electron chi connectivity index (χ3n) is 2.28. The Morgan fingerprint density at radius 1 is 1.65 bits per heavy atom. The number of hydrogen-bond donors (Lipinski definition) is 3. The van der Waals surface area contributed by atoms with Crippen LogP contribution in [-0.2, 0) is 11.2 Å². The summed E-state index contributed by atoms with van der Waals surface area (Å²) in [5.74, 6) is -0.740. The lowest BCUT2D eigenvalue weighted by Crippen LogP contribution is -2.46. The third kappa shape index (κ3) is 3.62. The van der Waals surface area contributed by atoms with Gasteiger partial charge in [0, 0.05) is 6.42 Å². The van der Waals surface area contributed by atoms with Crippen LogP contribution in [0.5, 0.6) is 5.75 Å². The summed E-state index contributed by atoms with van der Waals surface area (Å²) in [4.78, 5) is 10.9. The molecule has 17 heavy (non-hydrogen) atoms. The van der Waals surface area contributed by atoms with Gasteiger partial charge >= 0.3 is 13.7 Å². The average Bonchev–Trinajstić information content (AvgIpc) is 2.21. The predicted molar refractivity (Wildman–Crippen MR) is 65.4 cm³/mol. The van der Waals surface area contributed by atoms with Crippen LogP contribution in [0.15, 0.2) is 18.2 Å². The summed E-state index contributed by atoms with van der Waals surface area (Å²) in [7, 11) is -0.469. The molecule has 0 heterocycles. The van der Waals surface area contributed by atoms with Gasteiger partial charge in [-0.25, -0.2) is 0 Å². The van der Waals surface area contributed by atoms with E-state index in [-0.39, 0.29) is 6.42 Å². The number of carboxylic acids is 1. The maximum absolute atomic E-state index is 10.9. The molecule has 1 atom stereocenters. The van der Waals surface area contributed by atoms with E-state index in [1.807, 2.05) is 0 Å². The fourth-order valence-electron chi connectivity index (χ4n) is 1.34. The lowest BCUT2D eigenvalue weighted by molar-refractivity contribution is -0.142. The topological polar surface area (TPSA) is 92.8 Å². The van der Waals surface area contributed by atoms with Crippen molar-refractivity contribution in [2.24, 2.45) is 5.73 Å². The van der Waals surface area contributed by atoms with E-state index in [1.165, 1.54) is 6.92 Å². The van der Waals surface area contributed by atoms with E-state index >= 15 is 0 Å². The van der Waals surface area contributed by atoms with Crippen LogP contribution >= 0.6 is 11.6 Å². The Kier molecular flexibility index (Phi) is 4.39. The van der Waals surface area contributed by atoms with Gasteiger partial charge in [-0.3, -0.25) is 4.79 Å². The zero-order valence-electron chi connectivity index (χ0n) is 9.31. The Morgan fingerprint density at radius 3 is 2.76 bits per heavy atom. The first-order chi connectivity index (χ1) is 7.86. The summed E-state index contributed by atoms with van der Waals surface area (Å²) in [5, 5.41) is 17.8. The Morgan fingerprint density at radius 2 is 2.29 bits per heavy atom. The summed E-state index contributed by atoms with van der Waals surface area (Å²) in [6.07, 6.45) is 0.154. The van der Waals surface area contributed by atoms with Crippen molar-refractivity contribution in [2.45, 2.75) is 18.9 Å².